The number of carbonyl (C=O) groups excluding carboxylic acids is 1. The van der Waals surface area contributed by atoms with Crippen LogP contribution in [0.3, 0.4) is 0 Å². The summed E-state index contributed by atoms with van der Waals surface area (Å²) in [4.78, 5) is 17.6. The lowest BCUT2D eigenvalue weighted by atomic mass is 9.97. The first-order chi connectivity index (χ1) is 11.9. The average Bonchev–Trinajstić information content (AvgIpc) is 3.15. The van der Waals surface area contributed by atoms with Crippen LogP contribution >= 0.6 is 11.3 Å². The van der Waals surface area contributed by atoms with Crippen LogP contribution in [0.2, 0.25) is 0 Å². The third-order valence-corrected chi connectivity index (χ3v) is 6.94. The first kappa shape index (κ1) is 17.3. The molecule has 0 radical (unpaired) electrons. The van der Waals surface area contributed by atoms with Crippen molar-refractivity contribution in [2.75, 3.05) is 0 Å². The number of thiophene rings is 1. The van der Waals surface area contributed by atoms with Crippen molar-refractivity contribution in [2.45, 2.75) is 96.0 Å². The number of nitrogens with zero attached hydrogens (tertiary/aromatic N) is 1. The monoisotopic (exact) mass is 362 g/mol. The maximum atomic E-state index is 12.5. The molecule has 1 N–H and O–H groups in total. The fraction of sp³-hybridized carbons (Fsp3) is 0.750. The summed E-state index contributed by atoms with van der Waals surface area (Å²) < 4.78 is 5.63. The van der Waals surface area contributed by atoms with E-state index in [1.54, 1.807) is 10.4 Å². The second-order valence-electron chi connectivity index (χ2n) is 8.84. The molecule has 2 bridgehead atoms. The van der Waals surface area contributed by atoms with Gasteiger partial charge in [-0.15, -0.1) is 11.3 Å². The number of nitrogens with one attached hydrogen (secondary N) is 1. The summed E-state index contributed by atoms with van der Waals surface area (Å²) in [5, 5.41) is 3.77. The minimum Gasteiger partial charge on any atom is -0.444 e. The molecule has 1 amide bonds. The predicted molar refractivity (Wildman–Crippen MR) is 101 cm³/mol. The molecule has 3 aliphatic rings. The van der Waals surface area contributed by atoms with Crippen LogP contribution in [0.5, 0.6) is 0 Å². The summed E-state index contributed by atoms with van der Waals surface area (Å²) in [6, 6.07) is 3.62. The van der Waals surface area contributed by atoms with Gasteiger partial charge in [-0.3, -0.25) is 0 Å². The average molecular weight is 363 g/mol. The molecule has 2 atom stereocenters. The molecule has 2 fully saturated rings. The first-order valence-electron chi connectivity index (χ1n) is 9.74. The highest BCUT2D eigenvalue weighted by atomic mass is 32.1. The van der Waals surface area contributed by atoms with Crippen molar-refractivity contribution in [3.8, 4) is 0 Å². The van der Waals surface area contributed by atoms with E-state index >= 15 is 0 Å². The Labute approximate surface area is 154 Å². The van der Waals surface area contributed by atoms with E-state index in [9.17, 15) is 4.79 Å². The number of rotatable bonds is 3. The predicted octanol–water partition coefficient (Wildman–Crippen LogP) is 4.26. The molecule has 0 spiro atoms. The second-order valence-corrected chi connectivity index (χ2v) is 10.1. The number of fused-ring (bicyclic) bond motifs is 3. The molecular formula is C20H30N2O2S. The molecule has 5 heteroatoms. The highest BCUT2D eigenvalue weighted by Gasteiger charge is 2.44. The number of carbonyl (C=O) groups is 1. The van der Waals surface area contributed by atoms with Crippen molar-refractivity contribution in [1.29, 1.82) is 0 Å². The van der Waals surface area contributed by atoms with Crippen molar-refractivity contribution in [3.63, 3.8) is 0 Å². The molecule has 0 saturated carbocycles. The topological polar surface area (TPSA) is 41.6 Å². The van der Waals surface area contributed by atoms with E-state index in [4.69, 9.17) is 4.74 Å². The molecular weight excluding hydrogens is 332 g/mol. The van der Waals surface area contributed by atoms with E-state index in [1.807, 2.05) is 37.0 Å². The normalized spacial score (nSPS) is 28.3. The van der Waals surface area contributed by atoms with E-state index in [2.05, 4.69) is 11.4 Å². The van der Waals surface area contributed by atoms with Crippen LogP contribution < -0.4 is 5.32 Å². The fourth-order valence-electron chi connectivity index (χ4n) is 4.68. The van der Waals surface area contributed by atoms with Crippen LogP contribution in [0.1, 0.15) is 68.2 Å². The van der Waals surface area contributed by atoms with Crippen molar-refractivity contribution < 1.29 is 9.53 Å². The molecule has 0 aromatic carbocycles. The van der Waals surface area contributed by atoms with E-state index < -0.39 is 5.60 Å². The SMILES string of the molecule is CC(C)(C)OC(=O)N1C2CCC1CC(NCc1cc3c(s1)CCC3)C2. The molecule has 1 aromatic rings. The van der Waals surface area contributed by atoms with Crippen LogP contribution in [-0.4, -0.2) is 34.7 Å². The number of aryl methyl sites for hydroxylation is 2. The van der Waals surface area contributed by atoms with Gasteiger partial charge in [-0.1, -0.05) is 0 Å². The van der Waals surface area contributed by atoms with Crippen molar-refractivity contribution in [1.82, 2.24) is 10.2 Å². The Morgan fingerprint density at radius 3 is 2.64 bits per heavy atom. The molecule has 3 heterocycles. The Morgan fingerprint density at radius 2 is 2.00 bits per heavy atom. The lowest BCUT2D eigenvalue weighted by molar-refractivity contribution is 0.00467. The van der Waals surface area contributed by atoms with Gasteiger partial charge in [-0.25, -0.2) is 4.79 Å². The van der Waals surface area contributed by atoms with Crippen LogP contribution in [0.4, 0.5) is 4.79 Å². The minimum atomic E-state index is -0.412. The van der Waals surface area contributed by atoms with E-state index in [1.165, 1.54) is 24.1 Å². The first-order valence-corrected chi connectivity index (χ1v) is 10.6. The lowest BCUT2D eigenvalue weighted by Gasteiger charge is -2.39. The quantitative estimate of drug-likeness (QED) is 0.874. The highest BCUT2D eigenvalue weighted by molar-refractivity contribution is 7.12. The summed E-state index contributed by atoms with van der Waals surface area (Å²) >= 11 is 1.99. The Balaban J connectivity index is 1.32. The Morgan fingerprint density at radius 1 is 1.28 bits per heavy atom. The van der Waals surface area contributed by atoms with Gasteiger partial charge in [-0.05, 0) is 77.3 Å². The van der Waals surface area contributed by atoms with E-state index in [0.29, 0.717) is 18.1 Å². The maximum absolute atomic E-state index is 12.5. The van der Waals surface area contributed by atoms with Crippen LogP contribution in [-0.2, 0) is 24.1 Å². The van der Waals surface area contributed by atoms with Gasteiger partial charge in [0.05, 0.1) is 0 Å². The molecule has 4 rings (SSSR count). The van der Waals surface area contributed by atoms with E-state index in [-0.39, 0.29) is 6.09 Å². The minimum absolute atomic E-state index is 0.117. The molecule has 1 aliphatic carbocycles. The number of hydrogen-bond donors (Lipinski definition) is 1. The van der Waals surface area contributed by atoms with Gasteiger partial charge in [0, 0.05) is 34.4 Å². The van der Waals surface area contributed by atoms with Gasteiger partial charge in [0.15, 0.2) is 0 Å². The zero-order chi connectivity index (χ0) is 17.6. The number of ether oxygens (including phenoxy) is 1. The number of amides is 1. The Bertz CT molecular complexity index is 613. The molecule has 25 heavy (non-hydrogen) atoms. The van der Waals surface area contributed by atoms with Gasteiger partial charge < -0.3 is 15.0 Å². The smallest absolute Gasteiger partial charge is 0.410 e. The highest BCUT2D eigenvalue weighted by Crippen LogP contribution is 2.37. The molecule has 2 saturated heterocycles. The molecule has 4 nitrogen and oxygen atoms in total. The van der Waals surface area contributed by atoms with Crippen LogP contribution in [0.25, 0.3) is 0 Å². The fourth-order valence-corrected chi connectivity index (χ4v) is 5.89. The third-order valence-electron chi connectivity index (χ3n) is 5.70. The maximum Gasteiger partial charge on any atom is 0.410 e. The van der Waals surface area contributed by atoms with Crippen molar-refractivity contribution in [2.24, 2.45) is 0 Å². The number of hydrogen-bond acceptors (Lipinski definition) is 4. The standard InChI is InChI=1S/C20H30N2O2S/c1-20(2,3)24-19(23)22-15-7-8-16(22)11-14(10-15)21-12-17-9-13-5-4-6-18(13)25-17/h9,14-16,21H,4-8,10-12H2,1-3H3. The van der Waals surface area contributed by atoms with Gasteiger partial charge in [0.1, 0.15) is 5.60 Å². The largest absolute Gasteiger partial charge is 0.444 e. The summed E-state index contributed by atoms with van der Waals surface area (Å²) in [7, 11) is 0. The number of piperidine rings is 1. The Hall–Kier alpha value is -1.07. The zero-order valence-corrected chi connectivity index (χ0v) is 16.5. The molecule has 2 unspecified atom stereocenters. The van der Waals surface area contributed by atoms with Crippen molar-refractivity contribution >= 4 is 17.4 Å². The summed E-state index contributed by atoms with van der Waals surface area (Å²) in [5.74, 6) is 0. The van der Waals surface area contributed by atoms with Gasteiger partial charge >= 0.3 is 6.09 Å². The van der Waals surface area contributed by atoms with Gasteiger partial charge in [0.2, 0.25) is 0 Å². The molecule has 138 valence electrons. The Kier molecular flexibility index (Phi) is 4.57. The van der Waals surface area contributed by atoms with Crippen LogP contribution in [0, 0.1) is 0 Å². The van der Waals surface area contributed by atoms with Gasteiger partial charge in [-0.2, -0.15) is 0 Å². The van der Waals surface area contributed by atoms with Gasteiger partial charge in [0.25, 0.3) is 0 Å². The molecule has 1 aromatic heterocycles. The second kappa shape index (κ2) is 6.58. The third kappa shape index (κ3) is 3.72. The van der Waals surface area contributed by atoms with E-state index in [0.717, 1.165) is 32.2 Å². The summed E-state index contributed by atoms with van der Waals surface area (Å²) in [6.07, 6.45) is 8.12. The van der Waals surface area contributed by atoms with Crippen molar-refractivity contribution in [3.05, 3.63) is 21.4 Å². The van der Waals surface area contributed by atoms with Crippen LogP contribution in [0.15, 0.2) is 6.07 Å². The zero-order valence-electron chi connectivity index (χ0n) is 15.6. The molecule has 2 aliphatic heterocycles. The summed E-state index contributed by atoms with van der Waals surface area (Å²) in [5.41, 5.74) is 1.17. The lowest BCUT2D eigenvalue weighted by Crippen LogP contribution is -2.52. The summed E-state index contributed by atoms with van der Waals surface area (Å²) in [6.45, 7) is 6.81.